The zero-order valence-corrected chi connectivity index (χ0v) is 16.9. The van der Waals surface area contributed by atoms with E-state index in [0.29, 0.717) is 33.7 Å². The van der Waals surface area contributed by atoms with Crippen LogP contribution in [0.5, 0.6) is 0 Å². The van der Waals surface area contributed by atoms with Gasteiger partial charge in [0.05, 0.1) is 15.6 Å². The number of amides is 1. The average Bonchev–Trinajstić information content (AvgIpc) is 2.56. The van der Waals surface area contributed by atoms with Crippen molar-refractivity contribution in [2.24, 2.45) is 0 Å². The highest BCUT2D eigenvalue weighted by Crippen LogP contribution is 2.27. The highest BCUT2D eigenvalue weighted by Gasteiger charge is 2.16. The van der Waals surface area contributed by atoms with Crippen LogP contribution in [0.25, 0.3) is 0 Å². The summed E-state index contributed by atoms with van der Waals surface area (Å²) in [5.41, 5.74) is 1.21. The van der Waals surface area contributed by atoms with Crippen molar-refractivity contribution >= 4 is 65.4 Å². The Hall–Kier alpha value is -1.24. The maximum absolute atomic E-state index is 12.6. The second-order valence-electron chi connectivity index (χ2n) is 4.98. The first-order chi connectivity index (χ1) is 11.0. The van der Waals surface area contributed by atoms with Crippen LogP contribution in [0, 0.1) is 0 Å². The first-order valence-corrected chi connectivity index (χ1v) is 7.85. The van der Waals surface area contributed by atoms with Gasteiger partial charge in [0.2, 0.25) is 0 Å². The molecule has 0 aliphatic carbocycles. The van der Waals surface area contributed by atoms with Crippen LogP contribution in [0.3, 0.4) is 0 Å². The van der Waals surface area contributed by atoms with Crippen molar-refractivity contribution < 1.29 is 4.79 Å². The monoisotopic (exact) mass is 424 g/mol. The van der Waals surface area contributed by atoms with Crippen LogP contribution in [0.2, 0.25) is 10.0 Å². The summed E-state index contributed by atoms with van der Waals surface area (Å²) >= 11 is 11.9. The Morgan fingerprint density at radius 3 is 2.56 bits per heavy atom. The quantitative estimate of drug-likeness (QED) is 0.725. The van der Waals surface area contributed by atoms with Gasteiger partial charge in [-0.1, -0.05) is 23.2 Å². The molecule has 0 atom stereocenters. The lowest BCUT2D eigenvalue weighted by atomic mass is 10.2. The number of aromatic nitrogens is 1. The molecule has 1 heterocycles. The smallest absolute Gasteiger partial charge is 0.257 e. The second-order valence-corrected chi connectivity index (χ2v) is 5.80. The number of hydrogen-bond donors (Lipinski definition) is 2. The minimum Gasteiger partial charge on any atom is -0.340 e. The van der Waals surface area contributed by atoms with Crippen LogP contribution >= 0.6 is 48.0 Å². The fraction of sp³-hybridized carbons (Fsp3) is 0.250. The van der Waals surface area contributed by atoms with Gasteiger partial charge in [0.1, 0.15) is 5.82 Å². The van der Waals surface area contributed by atoms with Gasteiger partial charge >= 0.3 is 0 Å². The molecule has 5 nitrogen and oxygen atoms in total. The number of likely N-dealkylation sites (N-methyl/N-ethyl adjacent to an activating group) is 2. The van der Waals surface area contributed by atoms with Crippen molar-refractivity contribution in [2.75, 3.05) is 32.5 Å². The normalized spacial score (nSPS) is 9.60. The van der Waals surface area contributed by atoms with E-state index >= 15 is 0 Å². The summed E-state index contributed by atoms with van der Waals surface area (Å²) in [5.74, 6) is 0.378. The molecule has 0 unspecified atom stereocenters. The van der Waals surface area contributed by atoms with E-state index in [2.05, 4.69) is 15.6 Å². The van der Waals surface area contributed by atoms with Gasteiger partial charge in [0, 0.05) is 32.0 Å². The molecule has 0 spiro atoms. The third-order valence-electron chi connectivity index (χ3n) is 3.26. The topological polar surface area (TPSA) is 57.3 Å². The Balaban J connectivity index is 0.00000288. The summed E-state index contributed by atoms with van der Waals surface area (Å²) in [6.45, 7) is 1.33. The lowest BCUT2D eigenvalue weighted by Crippen LogP contribution is -2.33. The molecular formula is C16H20Cl4N4O. The molecule has 0 saturated heterocycles. The van der Waals surface area contributed by atoms with Gasteiger partial charge in [0.25, 0.3) is 5.91 Å². The van der Waals surface area contributed by atoms with E-state index in [-0.39, 0.29) is 30.7 Å². The molecule has 9 heteroatoms. The predicted molar refractivity (Wildman–Crippen MR) is 109 cm³/mol. The maximum atomic E-state index is 12.6. The predicted octanol–water partition coefficient (Wildman–Crippen LogP) is 4.27. The fourth-order valence-electron chi connectivity index (χ4n) is 1.97. The van der Waals surface area contributed by atoms with E-state index < -0.39 is 0 Å². The summed E-state index contributed by atoms with van der Waals surface area (Å²) in [5, 5.41) is 7.04. The second kappa shape index (κ2) is 11.4. The van der Waals surface area contributed by atoms with E-state index in [1.807, 2.05) is 7.05 Å². The van der Waals surface area contributed by atoms with Gasteiger partial charge in [-0.15, -0.1) is 24.8 Å². The van der Waals surface area contributed by atoms with Crippen molar-refractivity contribution in [3.8, 4) is 0 Å². The van der Waals surface area contributed by atoms with Crippen LogP contribution in [-0.4, -0.2) is 43.0 Å². The number of hydrogen-bond acceptors (Lipinski definition) is 4. The van der Waals surface area contributed by atoms with E-state index in [0.717, 1.165) is 6.54 Å². The Labute approximate surface area is 169 Å². The van der Waals surface area contributed by atoms with Crippen molar-refractivity contribution in [1.29, 1.82) is 0 Å². The molecule has 2 aromatic rings. The molecule has 0 fully saturated rings. The van der Waals surface area contributed by atoms with Crippen LogP contribution in [0.1, 0.15) is 10.4 Å². The van der Waals surface area contributed by atoms with Crippen LogP contribution in [0.15, 0.2) is 36.5 Å². The van der Waals surface area contributed by atoms with Crippen molar-refractivity contribution in [3.05, 3.63) is 52.1 Å². The molecule has 0 aliphatic heterocycles. The minimum absolute atomic E-state index is 0. The largest absolute Gasteiger partial charge is 0.340 e. The number of carbonyl (C=O) groups is 1. The minimum atomic E-state index is -0.101. The Bertz CT molecular complexity index is 700. The van der Waals surface area contributed by atoms with Crippen molar-refractivity contribution in [1.82, 2.24) is 15.2 Å². The van der Waals surface area contributed by atoms with E-state index in [1.54, 1.807) is 48.5 Å². The van der Waals surface area contributed by atoms with Crippen molar-refractivity contribution in [2.45, 2.75) is 0 Å². The maximum Gasteiger partial charge on any atom is 0.257 e. The summed E-state index contributed by atoms with van der Waals surface area (Å²) in [6.07, 6.45) is 1.63. The molecule has 1 aromatic heterocycles. The lowest BCUT2D eigenvalue weighted by molar-refractivity contribution is 0.0797. The molecule has 0 saturated carbocycles. The molecule has 0 aliphatic rings. The number of nitrogens with one attached hydrogen (secondary N) is 2. The van der Waals surface area contributed by atoms with Crippen LogP contribution in [0.4, 0.5) is 11.5 Å². The van der Waals surface area contributed by atoms with E-state index in [9.17, 15) is 4.79 Å². The zero-order chi connectivity index (χ0) is 16.8. The standard InChI is InChI=1S/C16H18Cl2N4O.2ClH/c1-19-8-9-22(2)16(23)12-4-3-7-20-15(12)21-11-5-6-13(17)14(18)10-11;;/h3-7,10,19H,8-9H2,1-2H3,(H,20,21);2*1H. The SMILES string of the molecule is CNCCN(C)C(=O)c1cccnc1Nc1ccc(Cl)c(Cl)c1.Cl.Cl. The molecule has 138 valence electrons. The van der Waals surface area contributed by atoms with Gasteiger partial charge in [-0.3, -0.25) is 4.79 Å². The number of halogens is 4. The van der Waals surface area contributed by atoms with Gasteiger partial charge in [0.15, 0.2) is 0 Å². The summed E-state index contributed by atoms with van der Waals surface area (Å²) < 4.78 is 0. The average molecular weight is 426 g/mol. The third-order valence-corrected chi connectivity index (χ3v) is 4.00. The summed E-state index contributed by atoms with van der Waals surface area (Å²) in [6, 6.07) is 8.64. The Morgan fingerprint density at radius 2 is 1.92 bits per heavy atom. The molecule has 2 N–H and O–H groups in total. The van der Waals surface area contributed by atoms with Gasteiger partial charge in [-0.05, 0) is 37.4 Å². The van der Waals surface area contributed by atoms with Crippen molar-refractivity contribution in [3.63, 3.8) is 0 Å². The zero-order valence-electron chi connectivity index (χ0n) is 13.8. The first kappa shape index (κ1) is 23.8. The molecule has 1 amide bonds. The fourth-order valence-corrected chi connectivity index (χ4v) is 2.27. The van der Waals surface area contributed by atoms with Crippen LogP contribution in [-0.2, 0) is 0 Å². The number of anilines is 2. The lowest BCUT2D eigenvalue weighted by Gasteiger charge is -2.19. The van der Waals surface area contributed by atoms with Gasteiger partial charge < -0.3 is 15.5 Å². The molecule has 2 rings (SSSR count). The number of carbonyl (C=O) groups excluding carboxylic acids is 1. The highest BCUT2D eigenvalue weighted by molar-refractivity contribution is 6.42. The number of rotatable bonds is 6. The number of pyridine rings is 1. The molecular weight excluding hydrogens is 406 g/mol. The molecule has 0 radical (unpaired) electrons. The first-order valence-electron chi connectivity index (χ1n) is 7.10. The molecule has 25 heavy (non-hydrogen) atoms. The number of benzene rings is 1. The summed E-state index contributed by atoms with van der Waals surface area (Å²) in [4.78, 5) is 18.5. The molecule has 0 bridgehead atoms. The van der Waals surface area contributed by atoms with Gasteiger partial charge in [-0.25, -0.2) is 4.98 Å². The van der Waals surface area contributed by atoms with Crippen LogP contribution < -0.4 is 10.6 Å². The van der Waals surface area contributed by atoms with E-state index in [4.69, 9.17) is 23.2 Å². The third kappa shape index (κ3) is 6.53. The van der Waals surface area contributed by atoms with Gasteiger partial charge in [-0.2, -0.15) is 0 Å². The van der Waals surface area contributed by atoms with E-state index in [1.165, 1.54) is 0 Å². The molecule has 1 aromatic carbocycles. The highest BCUT2D eigenvalue weighted by atomic mass is 35.5. The Kier molecular flexibility index (Phi) is 10.8. The number of nitrogens with zero attached hydrogens (tertiary/aromatic N) is 2. The summed E-state index contributed by atoms with van der Waals surface area (Å²) in [7, 11) is 3.61. The Morgan fingerprint density at radius 1 is 1.20 bits per heavy atom.